The monoisotopic (exact) mass is 253 g/mol. The zero-order chi connectivity index (χ0) is 11.8. The van der Waals surface area contributed by atoms with Gasteiger partial charge in [0.1, 0.15) is 0 Å². The molecule has 0 N–H and O–H groups in total. The number of nitro groups is 1. The number of benzene rings is 1. The predicted molar refractivity (Wildman–Crippen MR) is 50.8 cm³/mol. The van der Waals surface area contributed by atoms with Gasteiger partial charge in [-0.2, -0.15) is 4.39 Å². The molecule has 0 amide bonds. The van der Waals surface area contributed by atoms with E-state index in [4.69, 9.17) is 10.7 Å². The van der Waals surface area contributed by atoms with Crippen LogP contribution in [-0.4, -0.2) is 13.3 Å². The molecule has 0 fully saturated rings. The van der Waals surface area contributed by atoms with Crippen LogP contribution in [0, 0.1) is 22.9 Å². The van der Waals surface area contributed by atoms with Crippen molar-refractivity contribution in [1.82, 2.24) is 0 Å². The zero-order valence-electron chi connectivity index (χ0n) is 7.40. The van der Waals surface area contributed by atoms with Crippen LogP contribution in [0.25, 0.3) is 0 Å². The van der Waals surface area contributed by atoms with E-state index in [1.807, 2.05) is 0 Å². The Morgan fingerprint density at radius 2 is 2.00 bits per heavy atom. The van der Waals surface area contributed by atoms with Crippen LogP contribution < -0.4 is 0 Å². The van der Waals surface area contributed by atoms with Gasteiger partial charge in [-0.05, 0) is 18.6 Å². The lowest BCUT2D eigenvalue weighted by molar-refractivity contribution is -0.387. The highest BCUT2D eigenvalue weighted by Gasteiger charge is 2.22. The maximum absolute atomic E-state index is 13.1. The first-order valence-electron chi connectivity index (χ1n) is 3.62. The second-order valence-corrected chi connectivity index (χ2v) is 5.33. The number of hydrogen-bond donors (Lipinski definition) is 0. The van der Waals surface area contributed by atoms with Gasteiger partial charge in [-0.15, -0.1) is 0 Å². The van der Waals surface area contributed by atoms with E-state index in [0.717, 1.165) is 6.07 Å². The summed E-state index contributed by atoms with van der Waals surface area (Å²) < 4.78 is 34.9. The molecule has 5 nitrogen and oxygen atoms in total. The third-order valence-electron chi connectivity index (χ3n) is 1.69. The second kappa shape index (κ2) is 3.74. The summed E-state index contributed by atoms with van der Waals surface area (Å²) in [5.74, 6) is -1.07. The van der Waals surface area contributed by atoms with Crippen molar-refractivity contribution in [2.75, 3.05) is 0 Å². The van der Waals surface area contributed by atoms with E-state index in [0.29, 0.717) is 6.07 Å². The molecule has 82 valence electrons. The molecule has 0 spiro atoms. The van der Waals surface area contributed by atoms with Crippen molar-refractivity contribution in [3.05, 3.63) is 33.6 Å². The van der Waals surface area contributed by atoms with Gasteiger partial charge in [0.25, 0.3) is 9.05 Å². The van der Waals surface area contributed by atoms with Crippen LogP contribution >= 0.6 is 10.7 Å². The maximum atomic E-state index is 13.1. The molecule has 0 aliphatic carbocycles. The Balaban J connectivity index is 3.57. The molecule has 0 unspecified atom stereocenters. The average molecular weight is 254 g/mol. The first-order valence-corrected chi connectivity index (χ1v) is 5.93. The summed E-state index contributed by atoms with van der Waals surface area (Å²) in [6, 6.07) is 1.52. The van der Waals surface area contributed by atoms with E-state index < -0.39 is 30.4 Å². The fourth-order valence-electron chi connectivity index (χ4n) is 0.992. The lowest BCUT2D eigenvalue weighted by atomic mass is 10.2. The van der Waals surface area contributed by atoms with Crippen LogP contribution in [0.5, 0.6) is 0 Å². The lowest BCUT2D eigenvalue weighted by Gasteiger charge is -2.01. The molecule has 1 aromatic carbocycles. The van der Waals surface area contributed by atoms with E-state index in [-0.39, 0.29) is 5.56 Å². The number of halogens is 2. The van der Waals surface area contributed by atoms with Crippen molar-refractivity contribution in [3.8, 4) is 0 Å². The average Bonchev–Trinajstić information content (AvgIpc) is 2.06. The Hall–Kier alpha value is -1.21. The lowest BCUT2D eigenvalue weighted by Crippen LogP contribution is -1.99. The van der Waals surface area contributed by atoms with E-state index in [2.05, 4.69) is 0 Å². The fourth-order valence-corrected chi connectivity index (χ4v) is 1.83. The number of aryl methyl sites for hydroxylation is 1. The quantitative estimate of drug-likeness (QED) is 0.459. The number of rotatable bonds is 2. The van der Waals surface area contributed by atoms with Gasteiger partial charge < -0.3 is 0 Å². The number of nitrogens with zero attached hydrogens (tertiary/aromatic N) is 1. The zero-order valence-corrected chi connectivity index (χ0v) is 8.97. The normalized spacial score (nSPS) is 11.4. The van der Waals surface area contributed by atoms with Crippen LogP contribution in [0.1, 0.15) is 5.56 Å². The summed E-state index contributed by atoms with van der Waals surface area (Å²) in [6.45, 7) is 1.22. The molecular weight excluding hydrogens is 249 g/mol. The van der Waals surface area contributed by atoms with E-state index in [9.17, 15) is 22.9 Å². The molecule has 0 saturated heterocycles. The molecule has 0 heterocycles. The van der Waals surface area contributed by atoms with Gasteiger partial charge in [-0.1, -0.05) is 0 Å². The summed E-state index contributed by atoms with van der Waals surface area (Å²) in [5, 5.41) is 10.4. The van der Waals surface area contributed by atoms with Crippen molar-refractivity contribution >= 4 is 25.4 Å². The molecule has 8 heteroatoms. The van der Waals surface area contributed by atoms with Crippen molar-refractivity contribution < 1.29 is 17.7 Å². The van der Waals surface area contributed by atoms with Gasteiger partial charge in [0.2, 0.25) is 5.82 Å². The molecule has 1 aromatic rings. The van der Waals surface area contributed by atoms with E-state index in [1.54, 1.807) is 0 Å². The second-order valence-electron chi connectivity index (χ2n) is 2.77. The van der Waals surface area contributed by atoms with Gasteiger partial charge in [-0.25, -0.2) is 8.42 Å². The molecule has 0 atom stereocenters. The molecule has 0 aromatic heterocycles. The molecule has 0 bridgehead atoms. The molecular formula is C7H5ClFNO4S. The van der Waals surface area contributed by atoms with Gasteiger partial charge in [0, 0.05) is 16.7 Å². The number of hydrogen-bond acceptors (Lipinski definition) is 4. The van der Waals surface area contributed by atoms with E-state index >= 15 is 0 Å². The van der Waals surface area contributed by atoms with Crippen LogP contribution in [0.4, 0.5) is 10.1 Å². The minimum Gasteiger partial charge on any atom is -0.258 e. The summed E-state index contributed by atoms with van der Waals surface area (Å²) in [6.07, 6.45) is 0. The molecule has 1 rings (SSSR count). The first kappa shape index (κ1) is 11.9. The predicted octanol–water partition coefficient (Wildman–Crippen LogP) is 1.97. The van der Waals surface area contributed by atoms with Gasteiger partial charge in [-0.3, -0.25) is 10.1 Å². The minimum atomic E-state index is -4.10. The SMILES string of the molecule is Cc1cc(S(=O)(=O)Cl)cc([N+](=O)[O-])c1F. The van der Waals surface area contributed by atoms with Crippen LogP contribution in [0.3, 0.4) is 0 Å². The van der Waals surface area contributed by atoms with Crippen molar-refractivity contribution in [1.29, 1.82) is 0 Å². The highest BCUT2D eigenvalue weighted by atomic mass is 35.7. The Kier molecular flexibility index (Phi) is 2.96. The fraction of sp³-hybridized carbons (Fsp3) is 0.143. The topological polar surface area (TPSA) is 77.3 Å². The van der Waals surface area contributed by atoms with Crippen molar-refractivity contribution in [2.24, 2.45) is 0 Å². The maximum Gasteiger partial charge on any atom is 0.306 e. The Bertz CT molecular complexity index is 528. The Morgan fingerprint density at radius 1 is 1.47 bits per heavy atom. The highest BCUT2D eigenvalue weighted by Crippen LogP contribution is 2.26. The van der Waals surface area contributed by atoms with Crippen LogP contribution in [0.2, 0.25) is 0 Å². The molecule has 0 radical (unpaired) electrons. The third-order valence-corrected chi connectivity index (χ3v) is 3.02. The summed E-state index contributed by atoms with van der Waals surface area (Å²) in [4.78, 5) is 8.88. The minimum absolute atomic E-state index is 0.150. The highest BCUT2D eigenvalue weighted by molar-refractivity contribution is 8.13. The number of nitro benzene ring substituents is 1. The third kappa shape index (κ3) is 2.42. The summed E-state index contributed by atoms with van der Waals surface area (Å²) >= 11 is 0. The van der Waals surface area contributed by atoms with Crippen LogP contribution in [0.15, 0.2) is 17.0 Å². The standard InChI is InChI=1S/C7H5ClFNO4S/c1-4-2-5(15(8,13)14)3-6(7(4)9)10(11)12/h2-3H,1H3. The van der Waals surface area contributed by atoms with Crippen LogP contribution in [-0.2, 0) is 9.05 Å². The van der Waals surface area contributed by atoms with Crippen molar-refractivity contribution in [2.45, 2.75) is 11.8 Å². The molecule has 0 saturated carbocycles. The molecule has 15 heavy (non-hydrogen) atoms. The summed E-state index contributed by atoms with van der Waals surface area (Å²) in [7, 11) is 0.890. The van der Waals surface area contributed by atoms with Gasteiger partial charge in [0.05, 0.1) is 9.82 Å². The molecule has 0 aliphatic rings. The smallest absolute Gasteiger partial charge is 0.258 e. The largest absolute Gasteiger partial charge is 0.306 e. The molecule has 0 aliphatic heterocycles. The van der Waals surface area contributed by atoms with Crippen molar-refractivity contribution in [3.63, 3.8) is 0 Å². The Morgan fingerprint density at radius 3 is 2.40 bits per heavy atom. The van der Waals surface area contributed by atoms with Gasteiger partial charge in [0.15, 0.2) is 0 Å². The summed E-state index contributed by atoms with van der Waals surface area (Å²) in [5.41, 5.74) is -1.06. The van der Waals surface area contributed by atoms with E-state index in [1.165, 1.54) is 6.92 Å². The Labute approximate surface area is 89.0 Å². The first-order chi connectivity index (χ1) is 6.73. The van der Waals surface area contributed by atoms with Gasteiger partial charge >= 0.3 is 5.69 Å².